The van der Waals surface area contributed by atoms with Gasteiger partial charge in [0.2, 0.25) is 0 Å². The van der Waals surface area contributed by atoms with Crippen LogP contribution in [-0.4, -0.2) is 57.2 Å². The summed E-state index contributed by atoms with van der Waals surface area (Å²) in [6.45, 7) is 2.47. The lowest BCUT2D eigenvalue weighted by atomic mass is 9.97. The third kappa shape index (κ3) is 6.68. The molecule has 1 fully saturated rings. The number of nitrogens with zero attached hydrogens (tertiary/aromatic N) is 2. The van der Waals surface area contributed by atoms with E-state index in [9.17, 15) is 9.18 Å². The number of nitrogens with one attached hydrogen (secondary N) is 1. The average Bonchev–Trinajstić information content (AvgIpc) is 2.61. The molecule has 140 valence electrons. The van der Waals surface area contributed by atoms with Crippen LogP contribution in [0.4, 0.5) is 4.39 Å². The molecule has 0 radical (unpaired) electrons. The normalized spacial score (nSPS) is 15.3. The Morgan fingerprint density at radius 3 is 2.72 bits per heavy atom. The molecular weight excluding hydrogens is 440 g/mol. The Bertz CT molecular complexity index is 578. The largest absolute Gasteiger partial charge is 0.492 e. The zero-order chi connectivity index (χ0) is 17.4. The van der Waals surface area contributed by atoms with Crippen LogP contribution in [0.15, 0.2) is 29.3 Å². The standard InChI is InChI=1S/C17H24FN3O3.HI/c1-19-17(21-9-6-13(7-10-21)16(22)23-2)20-8-11-24-15-5-3-4-14(18)12-15;/h3-5,12-13H,6-11H2,1-2H3,(H,19,20);1H. The van der Waals surface area contributed by atoms with Crippen LogP contribution >= 0.6 is 24.0 Å². The predicted molar refractivity (Wildman–Crippen MR) is 105 cm³/mol. The number of carbonyl (C=O) groups is 1. The Kier molecular flexibility index (Phi) is 9.54. The molecule has 8 heteroatoms. The van der Waals surface area contributed by atoms with Crippen LogP contribution in [0, 0.1) is 11.7 Å². The minimum absolute atomic E-state index is 0. The number of rotatable bonds is 5. The Morgan fingerprint density at radius 2 is 2.12 bits per heavy atom. The minimum atomic E-state index is -0.315. The summed E-state index contributed by atoms with van der Waals surface area (Å²) in [6, 6.07) is 6.06. The van der Waals surface area contributed by atoms with Crippen molar-refractivity contribution in [1.82, 2.24) is 10.2 Å². The second-order valence-corrected chi connectivity index (χ2v) is 5.56. The molecule has 1 heterocycles. The molecule has 1 aliphatic rings. The van der Waals surface area contributed by atoms with Gasteiger partial charge in [0.15, 0.2) is 5.96 Å². The maximum Gasteiger partial charge on any atom is 0.308 e. The molecule has 25 heavy (non-hydrogen) atoms. The van der Waals surface area contributed by atoms with Crippen molar-refractivity contribution < 1.29 is 18.7 Å². The number of esters is 1. The molecule has 0 saturated carbocycles. The number of methoxy groups -OCH3 is 1. The zero-order valence-corrected chi connectivity index (χ0v) is 16.9. The van der Waals surface area contributed by atoms with E-state index in [4.69, 9.17) is 9.47 Å². The van der Waals surface area contributed by atoms with E-state index in [0.29, 0.717) is 18.9 Å². The molecular formula is C17H25FIN3O3. The van der Waals surface area contributed by atoms with E-state index < -0.39 is 0 Å². The molecule has 1 N–H and O–H groups in total. The van der Waals surface area contributed by atoms with Crippen molar-refractivity contribution in [3.63, 3.8) is 0 Å². The molecule has 0 aliphatic carbocycles. The number of guanidine groups is 1. The summed E-state index contributed by atoms with van der Waals surface area (Å²) in [7, 11) is 3.15. The highest BCUT2D eigenvalue weighted by Crippen LogP contribution is 2.18. The number of aliphatic imine (C=N–C) groups is 1. The van der Waals surface area contributed by atoms with Crippen molar-refractivity contribution in [2.75, 3.05) is 40.4 Å². The van der Waals surface area contributed by atoms with Gasteiger partial charge >= 0.3 is 5.97 Å². The van der Waals surface area contributed by atoms with Gasteiger partial charge in [0, 0.05) is 26.2 Å². The van der Waals surface area contributed by atoms with Crippen LogP contribution in [0.5, 0.6) is 5.75 Å². The summed E-state index contributed by atoms with van der Waals surface area (Å²) in [5, 5.41) is 3.22. The van der Waals surface area contributed by atoms with Crippen molar-refractivity contribution in [3.05, 3.63) is 30.1 Å². The topological polar surface area (TPSA) is 63.2 Å². The number of benzene rings is 1. The van der Waals surface area contributed by atoms with E-state index in [1.807, 2.05) is 0 Å². The monoisotopic (exact) mass is 465 g/mol. The molecule has 1 aromatic rings. The van der Waals surface area contributed by atoms with Crippen molar-refractivity contribution in [2.24, 2.45) is 10.9 Å². The molecule has 1 aromatic carbocycles. The number of carbonyl (C=O) groups excluding carboxylic acids is 1. The van der Waals surface area contributed by atoms with Gasteiger partial charge in [0.1, 0.15) is 18.2 Å². The first-order chi connectivity index (χ1) is 11.6. The average molecular weight is 465 g/mol. The van der Waals surface area contributed by atoms with Gasteiger partial charge in [-0.05, 0) is 25.0 Å². The van der Waals surface area contributed by atoms with Gasteiger partial charge < -0.3 is 19.7 Å². The fourth-order valence-corrected chi connectivity index (χ4v) is 2.71. The van der Waals surface area contributed by atoms with Crippen molar-refractivity contribution >= 4 is 35.9 Å². The lowest BCUT2D eigenvalue weighted by molar-refractivity contribution is -0.146. The van der Waals surface area contributed by atoms with Crippen molar-refractivity contribution in [1.29, 1.82) is 0 Å². The first-order valence-corrected chi connectivity index (χ1v) is 8.06. The van der Waals surface area contributed by atoms with Gasteiger partial charge in [-0.3, -0.25) is 9.79 Å². The summed E-state index contributed by atoms with van der Waals surface area (Å²) >= 11 is 0. The maximum atomic E-state index is 13.1. The molecule has 0 bridgehead atoms. The van der Waals surface area contributed by atoms with Crippen molar-refractivity contribution in [2.45, 2.75) is 12.8 Å². The smallest absolute Gasteiger partial charge is 0.308 e. The Hall–Kier alpha value is -1.58. The van der Waals surface area contributed by atoms with Gasteiger partial charge in [-0.15, -0.1) is 24.0 Å². The van der Waals surface area contributed by atoms with E-state index in [1.54, 1.807) is 19.2 Å². The molecule has 0 aromatic heterocycles. The first kappa shape index (κ1) is 21.5. The lowest BCUT2D eigenvalue weighted by Crippen LogP contribution is -2.47. The number of hydrogen-bond acceptors (Lipinski definition) is 4. The highest BCUT2D eigenvalue weighted by atomic mass is 127. The Labute approximate surface area is 164 Å². The molecule has 0 amide bonds. The minimum Gasteiger partial charge on any atom is -0.492 e. The fourth-order valence-electron chi connectivity index (χ4n) is 2.71. The SMILES string of the molecule is CN=C(NCCOc1cccc(F)c1)N1CCC(C(=O)OC)CC1.I. The number of ether oxygens (including phenoxy) is 2. The van der Waals surface area contributed by atoms with Gasteiger partial charge in [0.05, 0.1) is 19.6 Å². The second-order valence-electron chi connectivity index (χ2n) is 5.56. The maximum absolute atomic E-state index is 13.1. The zero-order valence-electron chi connectivity index (χ0n) is 14.5. The van der Waals surface area contributed by atoms with Gasteiger partial charge in [0.25, 0.3) is 0 Å². The van der Waals surface area contributed by atoms with Crippen LogP contribution in [0.1, 0.15) is 12.8 Å². The third-order valence-electron chi connectivity index (χ3n) is 3.99. The molecule has 6 nitrogen and oxygen atoms in total. The van der Waals surface area contributed by atoms with Crippen LogP contribution in [0.25, 0.3) is 0 Å². The fraction of sp³-hybridized carbons (Fsp3) is 0.529. The van der Waals surface area contributed by atoms with E-state index >= 15 is 0 Å². The number of likely N-dealkylation sites (tertiary alicyclic amines) is 1. The number of piperidine rings is 1. The van der Waals surface area contributed by atoms with Crippen LogP contribution < -0.4 is 10.1 Å². The summed E-state index contributed by atoms with van der Waals surface area (Å²) in [6.07, 6.45) is 1.51. The van der Waals surface area contributed by atoms with E-state index in [2.05, 4.69) is 15.2 Å². The third-order valence-corrected chi connectivity index (χ3v) is 3.99. The summed E-state index contributed by atoms with van der Waals surface area (Å²) in [5.74, 6) is 0.804. The highest BCUT2D eigenvalue weighted by Gasteiger charge is 2.26. The second kappa shape index (κ2) is 11.1. The quantitative estimate of drug-likeness (QED) is 0.238. The van der Waals surface area contributed by atoms with Crippen LogP contribution in [0.2, 0.25) is 0 Å². The molecule has 1 saturated heterocycles. The number of hydrogen-bond donors (Lipinski definition) is 1. The van der Waals surface area contributed by atoms with Gasteiger partial charge in [-0.2, -0.15) is 0 Å². The number of halogens is 2. The summed E-state index contributed by atoms with van der Waals surface area (Å²) in [5.41, 5.74) is 0. The van der Waals surface area contributed by atoms with Gasteiger partial charge in [-0.1, -0.05) is 6.07 Å². The van der Waals surface area contributed by atoms with Crippen LogP contribution in [0.3, 0.4) is 0 Å². The molecule has 1 aliphatic heterocycles. The van der Waals surface area contributed by atoms with E-state index in [-0.39, 0.29) is 41.7 Å². The van der Waals surface area contributed by atoms with Crippen LogP contribution in [-0.2, 0) is 9.53 Å². The lowest BCUT2D eigenvalue weighted by Gasteiger charge is -2.33. The molecule has 0 spiro atoms. The molecule has 2 rings (SSSR count). The Morgan fingerprint density at radius 1 is 1.40 bits per heavy atom. The van der Waals surface area contributed by atoms with Gasteiger partial charge in [-0.25, -0.2) is 4.39 Å². The Balaban J connectivity index is 0.00000312. The summed E-state index contributed by atoms with van der Waals surface area (Å²) < 4.78 is 23.4. The highest BCUT2D eigenvalue weighted by molar-refractivity contribution is 14.0. The van der Waals surface area contributed by atoms with E-state index in [0.717, 1.165) is 31.9 Å². The first-order valence-electron chi connectivity index (χ1n) is 8.06. The predicted octanol–water partition coefficient (Wildman–Crippen LogP) is 2.28. The van der Waals surface area contributed by atoms with Crippen molar-refractivity contribution in [3.8, 4) is 5.75 Å². The molecule has 0 unspecified atom stereocenters. The molecule has 0 atom stereocenters. The van der Waals surface area contributed by atoms with E-state index in [1.165, 1.54) is 19.2 Å². The summed E-state index contributed by atoms with van der Waals surface area (Å²) in [4.78, 5) is 17.9.